The predicted molar refractivity (Wildman–Crippen MR) is 90.8 cm³/mol. The Hall–Kier alpha value is -2.61. The van der Waals surface area contributed by atoms with Crippen LogP contribution >= 0.6 is 0 Å². The Morgan fingerprint density at radius 3 is 2.45 bits per heavy atom. The average molecular weight is 287 g/mol. The number of aryl methyl sites for hydroxylation is 2. The Labute approximate surface area is 130 Å². The van der Waals surface area contributed by atoms with Crippen molar-refractivity contribution < 1.29 is 4.57 Å². The predicted octanol–water partition coefficient (Wildman–Crippen LogP) is 4.24. The number of benzene rings is 2. The molecule has 108 valence electrons. The summed E-state index contributed by atoms with van der Waals surface area (Å²) < 4.78 is 2.28. The lowest BCUT2D eigenvalue weighted by Gasteiger charge is -1.99. The number of para-hydroxylation sites is 1. The molecule has 0 atom stereocenters. The molecule has 2 nitrogen and oxygen atoms in total. The van der Waals surface area contributed by atoms with Gasteiger partial charge in [-0.2, -0.15) is 0 Å². The molecule has 0 aliphatic heterocycles. The Morgan fingerprint density at radius 2 is 1.55 bits per heavy atom. The zero-order valence-corrected chi connectivity index (χ0v) is 12.5. The molecule has 22 heavy (non-hydrogen) atoms. The highest BCUT2D eigenvalue weighted by Gasteiger charge is 2.08. The summed E-state index contributed by atoms with van der Waals surface area (Å²) in [6.07, 6.45) is 6.69. The van der Waals surface area contributed by atoms with Crippen LogP contribution < -0.4 is 4.57 Å². The van der Waals surface area contributed by atoms with Crippen molar-refractivity contribution in [1.82, 2.24) is 4.98 Å². The van der Waals surface area contributed by atoms with E-state index in [-0.39, 0.29) is 0 Å². The number of pyridine rings is 1. The molecule has 0 bridgehead atoms. The third-order valence-corrected chi connectivity index (χ3v) is 4.23. The Morgan fingerprint density at radius 1 is 0.773 bits per heavy atom. The summed E-state index contributed by atoms with van der Waals surface area (Å²) in [5.41, 5.74) is 3.83. The van der Waals surface area contributed by atoms with Gasteiger partial charge in [0, 0.05) is 28.8 Å². The number of nitrogens with zero attached hydrogens (tertiary/aromatic N) is 1. The van der Waals surface area contributed by atoms with Crippen molar-refractivity contribution in [1.29, 1.82) is 0 Å². The number of H-pyrrole nitrogens is 1. The number of aromatic amines is 1. The molecule has 2 heterocycles. The van der Waals surface area contributed by atoms with Crippen LogP contribution in [0.5, 0.6) is 0 Å². The van der Waals surface area contributed by atoms with Gasteiger partial charge in [0.1, 0.15) is 12.1 Å². The van der Waals surface area contributed by atoms with Crippen molar-refractivity contribution in [3.63, 3.8) is 0 Å². The van der Waals surface area contributed by atoms with Gasteiger partial charge in [-0.15, -0.1) is 0 Å². The summed E-state index contributed by atoms with van der Waals surface area (Å²) >= 11 is 0. The van der Waals surface area contributed by atoms with Crippen molar-refractivity contribution in [2.45, 2.75) is 19.4 Å². The van der Waals surface area contributed by atoms with E-state index < -0.39 is 0 Å². The molecule has 0 amide bonds. The minimum atomic E-state index is 1.04. The van der Waals surface area contributed by atoms with Gasteiger partial charge in [0.2, 0.25) is 0 Å². The molecule has 0 saturated heterocycles. The van der Waals surface area contributed by atoms with Crippen molar-refractivity contribution in [3.05, 3.63) is 78.6 Å². The first kappa shape index (κ1) is 13.1. The van der Waals surface area contributed by atoms with E-state index in [1.807, 2.05) is 0 Å². The third kappa shape index (κ3) is 2.48. The summed E-state index contributed by atoms with van der Waals surface area (Å²) in [4.78, 5) is 3.51. The number of fused-ring (bicyclic) bond motifs is 3. The second-order valence-corrected chi connectivity index (χ2v) is 5.77. The molecule has 2 heteroatoms. The van der Waals surface area contributed by atoms with Crippen LogP contribution in [0.25, 0.3) is 21.8 Å². The van der Waals surface area contributed by atoms with Gasteiger partial charge in [-0.05, 0) is 18.1 Å². The standard InChI is InChI=1S/C20H18N2/c1-2-7-16(8-3-1)9-6-13-22-14-12-18-17-10-4-5-11-19(17)21-20(18)15-22/h1-5,7-8,10-12,14-15H,6,9,13H2/p+1. The largest absolute Gasteiger partial charge is 0.350 e. The van der Waals surface area contributed by atoms with Crippen LogP contribution in [-0.2, 0) is 13.0 Å². The molecule has 1 N–H and O–H groups in total. The molecule has 0 spiro atoms. The minimum Gasteiger partial charge on any atom is -0.350 e. The van der Waals surface area contributed by atoms with Gasteiger partial charge in [0.05, 0.1) is 0 Å². The molecule has 2 aromatic carbocycles. The normalized spacial score (nSPS) is 11.3. The smallest absolute Gasteiger partial charge is 0.193 e. The maximum absolute atomic E-state index is 3.51. The van der Waals surface area contributed by atoms with E-state index in [1.165, 1.54) is 27.4 Å². The first-order valence-corrected chi connectivity index (χ1v) is 7.83. The molecule has 4 aromatic rings. The van der Waals surface area contributed by atoms with Crippen molar-refractivity contribution >= 4 is 21.8 Å². The van der Waals surface area contributed by atoms with Crippen LogP contribution in [0.4, 0.5) is 0 Å². The minimum absolute atomic E-state index is 1.04. The first-order chi connectivity index (χ1) is 10.9. The van der Waals surface area contributed by atoms with Crippen molar-refractivity contribution in [3.8, 4) is 0 Å². The average Bonchev–Trinajstić information content (AvgIpc) is 2.93. The van der Waals surface area contributed by atoms with Gasteiger partial charge in [0.25, 0.3) is 0 Å². The maximum atomic E-state index is 3.51. The van der Waals surface area contributed by atoms with E-state index in [4.69, 9.17) is 0 Å². The van der Waals surface area contributed by atoms with Gasteiger partial charge in [-0.25, -0.2) is 4.57 Å². The third-order valence-electron chi connectivity index (χ3n) is 4.23. The fraction of sp³-hybridized carbons (Fsp3) is 0.150. The molecule has 0 aliphatic rings. The highest BCUT2D eigenvalue weighted by molar-refractivity contribution is 6.06. The topological polar surface area (TPSA) is 19.7 Å². The van der Waals surface area contributed by atoms with Gasteiger partial charge in [-0.1, -0.05) is 48.5 Å². The number of nitrogens with one attached hydrogen (secondary N) is 1. The first-order valence-electron chi connectivity index (χ1n) is 7.83. The molecule has 0 radical (unpaired) electrons. The van der Waals surface area contributed by atoms with Gasteiger partial charge < -0.3 is 4.98 Å². The van der Waals surface area contributed by atoms with E-state index in [2.05, 4.69) is 82.6 Å². The molecule has 0 aliphatic carbocycles. The molecule has 2 aromatic heterocycles. The SMILES string of the molecule is c1ccc(CCC[n+]2ccc3c(c2)[nH]c2ccccc23)cc1. The summed E-state index contributed by atoms with van der Waals surface area (Å²) in [5, 5.41) is 2.60. The van der Waals surface area contributed by atoms with Gasteiger partial charge in [-0.3, -0.25) is 0 Å². The maximum Gasteiger partial charge on any atom is 0.193 e. The van der Waals surface area contributed by atoms with Crippen LogP contribution in [0.1, 0.15) is 12.0 Å². The fourth-order valence-electron chi connectivity index (χ4n) is 3.09. The second-order valence-electron chi connectivity index (χ2n) is 5.77. The quantitative estimate of drug-likeness (QED) is 0.542. The van der Waals surface area contributed by atoms with Crippen molar-refractivity contribution in [2.75, 3.05) is 0 Å². The molecule has 0 unspecified atom stereocenters. The Bertz CT molecular complexity index is 907. The summed E-state index contributed by atoms with van der Waals surface area (Å²) in [6.45, 7) is 1.04. The summed E-state index contributed by atoms with van der Waals surface area (Å²) in [5.74, 6) is 0. The number of aromatic nitrogens is 2. The van der Waals surface area contributed by atoms with Crippen LogP contribution in [-0.4, -0.2) is 4.98 Å². The zero-order chi connectivity index (χ0) is 14.8. The number of hydrogen-bond donors (Lipinski definition) is 1. The lowest BCUT2D eigenvalue weighted by Crippen LogP contribution is -2.32. The lowest BCUT2D eigenvalue weighted by atomic mass is 10.1. The molecule has 0 fully saturated rings. The van der Waals surface area contributed by atoms with E-state index in [9.17, 15) is 0 Å². The van der Waals surface area contributed by atoms with Crippen molar-refractivity contribution in [2.24, 2.45) is 0 Å². The molecule has 0 saturated carbocycles. The van der Waals surface area contributed by atoms with E-state index in [1.54, 1.807) is 0 Å². The number of rotatable bonds is 4. The number of hydrogen-bond acceptors (Lipinski definition) is 0. The lowest BCUT2D eigenvalue weighted by molar-refractivity contribution is -0.696. The summed E-state index contributed by atoms with van der Waals surface area (Å²) in [7, 11) is 0. The molecular weight excluding hydrogens is 268 g/mol. The van der Waals surface area contributed by atoms with Crippen LogP contribution in [0.3, 0.4) is 0 Å². The fourth-order valence-corrected chi connectivity index (χ4v) is 3.09. The van der Waals surface area contributed by atoms with E-state index in [0.29, 0.717) is 0 Å². The Balaban J connectivity index is 1.54. The van der Waals surface area contributed by atoms with E-state index >= 15 is 0 Å². The second kappa shape index (κ2) is 5.64. The van der Waals surface area contributed by atoms with Gasteiger partial charge >= 0.3 is 0 Å². The molecule has 4 rings (SSSR count). The monoisotopic (exact) mass is 287 g/mol. The highest BCUT2D eigenvalue weighted by atomic mass is 14.9. The van der Waals surface area contributed by atoms with Crippen LogP contribution in [0, 0.1) is 0 Å². The van der Waals surface area contributed by atoms with Gasteiger partial charge in [0.15, 0.2) is 12.4 Å². The molecular formula is C20H19N2+. The van der Waals surface area contributed by atoms with Crippen LogP contribution in [0.2, 0.25) is 0 Å². The summed E-state index contributed by atoms with van der Waals surface area (Å²) in [6, 6.07) is 21.4. The van der Waals surface area contributed by atoms with Crippen LogP contribution in [0.15, 0.2) is 73.1 Å². The Kier molecular flexibility index (Phi) is 3.36. The van der Waals surface area contributed by atoms with E-state index in [0.717, 1.165) is 19.4 Å². The highest BCUT2D eigenvalue weighted by Crippen LogP contribution is 2.23. The zero-order valence-electron chi connectivity index (χ0n) is 12.5.